The second-order valence-electron chi connectivity index (χ2n) is 7.46. The van der Waals surface area contributed by atoms with Gasteiger partial charge in [-0.15, -0.1) is 0 Å². The molecule has 31 heavy (non-hydrogen) atoms. The van der Waals surface area contributed by atoms with E-state index in [9.17, 15) is 9.90 Å². The van der Waals surface area contributed by atoms with Crippen molar-refractivity contribution < 1.29 is 33.6 Å². The van der Waals surface area contributed by atoms with Gasteiger partial charge in [0.2, 0.25) is 5.75 Å². The Hall–Kier alpha value is -2.93. The standard InChI is InChI=1S/C24H30O7/c1-7-8-15-12-17(31-13(2)25)20-16(27-3)10-9-14-11-18(28-4)23(29-5)24(30-6)19(14)21(20)22(15)26/h11-12,16,26H,7-10H2,1-6H3/t16-/m1/s1. The number of carbonyl (C=O) groups is 1. The highest BCUT2D eigenvalue weighted by Crippen LogP contribution is 2.55. The van der Waals surface area contributed by atoms with Crippen LogP contribution in [0.3, 0.4) is 0 Å². The molecule has 0 unspecified atom stereocenters. The number of fused-ring (bicyclic) bond motifs is 3. The van der Waals surface area contributed by atoms with Gasteiger partial charge in [0.1, 0.15) is 11.5 Å². The number of carbonyl (C=O) groups excluding carboxylic acids is 1. The molecule has 168 valence electrons. The van der Waals surface area contributed by atoms with Gasteiger partial charge < -0.3 is 28.8 Å². The average molecular weight is 430 g/mol. The van der Waals surface area contributed by atoms with E-state index in [-0.39, 0.29) is 11.9 Å². The molecule has 0 saturated carbocycles. The maximum Gasteiger partial charge on any atom is 0.308 e. The summed E-state index contributed by atoms with van der Waals surface area (Å²) in [5.74, 6) is 1.50. The number of esters is 1. The number of rotatable bonds is 7. The number of aryl methyl sites for hydroxylation is 2. The fraction of sp³-hybridized carbons (Fsp3) is 0.458. The van der Waals surface area contributed by atoms with Crippen molar-refractivity contribution in [3.8, 4) is 39.9 Å². The first-order valence-electron chi connectivity index (χ1n) is 10.3. The molecule has 3 rings (SSSR count). The third kappa shape index (κ3) is 4.02. The van der Waals surface area contributed by atoms with Crippen LogP contribution in [0.4, 0.5) is 0 Å². The number of benzene rings is 2. The molecule has 0 spiro atoms. The summed E-state index contributed by atoms with van der Waals surface area (Å²) in [7, 11) is 6.27. The molecule has 0 radical (unpaired) electrons. The molecule has 0 fully saturated rings. The third-order valence-corrected chi connectivity index (χ3v) is 5.60. The first kappa shape index (κ1) is 22.7. The predicted molar refractivity (Wildman–Crippen MR) is 117 cm³/mol. The van der Waals surface area contributed by atoms with E-state index in [2.05, 4.69) is 0 Å². The zero-order valence-corrected chi connectivity index (χ0v) is 19.0. The molecule has 1 aliphatic rings. The molecule has 2 aromatic rings. The monoisotopic (exact) mass is 430 g/mol. The first-order chi connectivity index (χ1) is 14.9. The molecule has 0 heterocycles. The van der Waals surface area contributed by atoms with Gasteiger partial charge in [-0.3, -0.25) is 4.79 Å². The van der Waals surface area contributed by atoms with E-state index in [0.717, 1.165) is 12.0 Å². The molecular weight excluding hydrogens is 400 g/mol. The van der Waals surface area contributed by atoms with Crippen molar-refractivity contribution in [3.63, 3.8) is 0 Å². The van der Waals surface area contributed by atoms with E-state index in [4.69, 9.17) is 23.7 Å². The summed E-state index contributed by atoms with van der Waals surface area (Å²) in [6.07, 6.45) is 2.31. The SMILES string of the molecule is CCCc1cc(OC(C)=O)c2c(c1O)-c1c(cc(OC)c(OC)c1OC)CC[C@H]2OC. The number of phenols is 1. The molecule has 7 nitrogen and oxygen atoms in total. The number of hydrogen-bond donors (Lipinski definition) is 1. The van der Waals surface area contributed by atoms with E-state index in [1.165, 1.54) is 6.92 Å². The maximum atomic E-state index is 11.9. The Bertz CT molecular complexity index is 981. The Morgan fingerprint density at radius 3 is 2.29 bits per heavy atom. The lowest BCUT2D eigenvalue weighted by atomic mass is 9.89. The van der Waals surface area contributed by atoms with Crippen molar-refractivity contribution in [1.29, 1.82) is 0 Å². The topological polar surface area (TPSA) is 83.5 Å². The summed E-state index contributed by atoms with van der Waals surface area (Å²) in [6.45, 7) is 3.39. The minimum Gasteiger partial charge on any atom is -0.507 e. The zero-order valence-electron chi connectivity index (χ0n) is 19.0. The summed E-state index contributed by atoms with van der Waals surface area (Å²) >= 11 is 0. The number of methoxy groups -OCH3 is 4. The van der Waals surface area contributed by atoms with Crippen LogP contribution >= 0.6 is 0 Å². The Morgan fingerprint density at radius 1 is 1.03 bits per heavy atom. The van der Waals surface area contributed by atoms with Crippen LogP contribution in [0, 0.1) is 0 Å². The van der Waals surface area contributed by atoms with Crippen molar-refractivity contribution in [3.05, 3.63) is 28.8 Å². The van der Waals surface area contributed by atoms with Crippen LogP contribution in [0.5, 0.6) is 28.7 Å². The lowest BCUT2D eigenvalue weighted by Crippen LogP contribution is -2.10. The molecule has 1 atom stereocenters. The average Bonchev–Trinajstić information content (AvgIpc) is 2.92. The number of aromatic hydroxyl groups is 1. The van der Waals surface area contributed by atoms with Crippen LogP contribution < -0.4 is 18.9 Å². The van der Waals surface area contributed by atoms with Gasteiger partial charge in [-0.2, -0.15) is 0 Å². The van der Waals surface area contributed by atoms with Crippen molar-refractivity contribution in [2.24, 2.45) is 0 Å². The smallest absolute Gasteiger partial charge is 0.308 e. The van der Waals surface area contributed by atoms with E-state index in [0.29, 0.717) is 64.5 Å². The summed E-state index contributed by atoms with van der Waals surface area (Å²) in [5, 5.41) is 11.4. The Morgan fingerprint density at radius 2 is 1.74 bits per heavy atom. The second kappa shape index (κ2) is 9.47. The fourth-order valence-electron chi connectivity index (χ4n) is 4.33. The lowest BCUT2D eigenvalue weighted by molar-refractivity contribution is -0.132. The molecular formula is C24H30O7. The van der Waals surface area contributed by atoms with Crippen molar-refractivity contribution in [2.45, 2.75) is 45.6 Å². The fourth-order valence-corrected chi connectivity index (χ4v) is 4.33. The minimum atomic E-state index is -0.436. The van der Waals surface area contributed by atoms with Gasteiger partial charge in [0.15, 0.2) is 11.5 Å². The maximum absolute atomic E-state index is 11.9. The molecule has 0 amide bonds. The Labute approximate surface area is 182 Å². The highest BCUT2D eigenvalue weighted by Gasteiger charge is 2.34. The van der Waals surface area contributed by atoms with Crippen molar-refractivity contribution in [1.82, 2.24) is 0 Å². The van der Waals surface area contributed by atoms with Gasteiger partial charge in [0, 0.05) is 30.7 Å². The van der Waals surface area contributed by atoms with Crippen LogP contribution in [0.1, 0.15) is 49.5 Å². The van der Waals surface area contributed by atoms with E-state index in [1.807, 2.05) is 13.0 Å². The second-order valence-corrected chi connectivity index (χ2v) is 7.46. The van der Waals surface area contributed by atoms with Gasteiger partial charge >= 0.3 is 5.97 Å². The van der Waals surface area contributed by atoms with Gasteiger partial charge in [-0.1, -0.05) is 13.3 Å². The summed E-state index contributed by atoms with van der Waals surface area (Å²) in [5.41, 5.74) is 3.47. The molecule has 1 aliphatic carbocycles. The van der Waals surface area contributed by atoms with Crippen molar-refractivity contribution >= 4 is 5.97 Å². The van der Waals surface area contributed by atoms with E-state index in [1.54, 1.807) is 34.5 Å². The zero-order chi connectivity index (χ0) is 22.7. The minimum absolute atomic E-state index is 0.128. The summed E-state index contributed by atoms with van der Waals surface area (Å²) in [4.78, 5) is 11.9. The number of phenolic OH excluding ortho intramolecular Hbond substituents is 1. The van der Waals surface area contributed by atoms with Gasteiger partial charge in [0.25, 0.3) is 0 Å². The Balaban J connectivity index is 2.49. The van der Waals surface area contributed by atoms with E-state index >= 15 is 0 Å². The van der Waals surface area contributed by atoms with Crippen LogP contribution in [0.25, 0.3) is 11.1 Å². The van der Waals surface area contributed by atoms with Gasteiger partial charge in [-0.25, -0.2) is 0 Å². The molecule has 0 aromatic heterocycles. The third-order valence-electron chi connectivity index (χ3n) is 5.60. The normalized spacial score (nSPS) is 14.8. The van der Waals surface area contributed by atoms with Crippen molar-refractivity contribution in [2.75, 3.05) is 28.4 Å². The van der Waals surface area contributed by atoms with Gasteiger partial charge in [-0.05, 0) is 42.5 Å². The molecule has 1 N–H and O–H groups in total. The highest BCUT2D eigenvalue weighted by molar-refractivity contribution is 5.88. The first-order valence-corrected chi connectivity index (χ1v) is 10.3. The number of hydrogen-bond acceptors (Lipinski definition) is 7. The summed E-state index contributed by atoms with van der Waals surface area (Å²) in [6, 6.07) is 3.64. The molecule has 0 aliphatic heterocycles. The molecule has 0 saturated heterocycles. The number of ether oxygens (including phenoxy) is 5. The predicted octanol–water partition coefficient (Wildman–Crippen LogP) is 4.60. The van der Waals surface area contributed by atoms with Crippen LogP contribution in [-0.2, 0) is 22.4 Å². The van der Waals surface area contributed by atoms with Crippen LogP contribution in [0.15, 0.2) is 12.1 Å². The summed E-state index contributed by atoms with van der Waals surface area (Å²) < 4.78 is 28.3. The lowest BCUT2D eigenvalue weighted by Gasteiger charge is -2.24. The largest absolute Gasteiger partial charge is 0.507 e. The molecule has 7 heteroatoms. The quantitative estimate of drug-likeness (QED) is 0.508. The molecule has 0 bridgehead atoms. The van der Waals surface area contributed by atoms with Crippen LogP contribution in [-0.4, -0.2) is 39.5 Å². The van der Waals surface area contributed by atoms with Crippen LogP contribution in [0.2, 0.25) is 0 Å². The highest BCUT2D eigenvalue weighted by atomic mass is 16.5. The van der Waals surface area contributed by atoms with E-state index < -0.39 is 5.97 Å². The van der Waals surface area contributed by atoms with Gasteiger partial charge in [0.05, 0.1) is 27.4 Å². The molecule has 2 aromatic carbocycles. The Kier molecular flexibility index (Phi) is 6.95.